The Morgan fingerprint density at radius 2 is 1.39 bits per heavy atom. The summed E-state index contributed by atoms with van der Waals surface area (Å²) in [5.74, 6) is 0.0169. The molecular weight excluding hydrogens is 464 g/mol. The Hall–Kier alpha value is -3.89. The minimum absolute atomic E-state index is 0.509. The highest BCUT2D eigenvalue weighted by Gasteiger charge is 2.22. The number of carboxylic acids is 1. The molecule has 3 nitrogen and oxygen atoms in total. The Balaban J connectivity index is 1.40. The summed E-state index contributed by atoms with van der Waals surface area (Å²) < 4.78 is 7.14. The maximum absolute atomic E-state index is 11.8. The summed E-state index contributed by atoms with van der Waals surface area (Å²) >= 11 is 1.90. The van der Waals surface area contributed by atoms with Crippen LogP contribution in [0.25, 0.3) is 32.3 Å². The van der Waals surface area contributed by atoms with E-state index < -0.39 is 12.1 Å². The fraction of sp³-hybridized carbons (Fsp3) is 0.156. The second kappa shape index (κ2) is 10.4. The van der Waals surface area contributed by atoms with Gasteiger partial charge in [-0.15, -0.1) is 11.3 Å². The Bertz CT molecular complexity index is 1470. The molecule has 4 heteroatoms. The lowest BCUT2D eigenvalue weighted by molar-refractivity contribution is -0.145. The van der Waals surface area contributed by atoms with Gasteiger partial charge in [-0.2, -0.15) is 0 Å². The zero-order valence-electron chi connectivity index (χ0n) is 20.3. The molecule has 36 heavy (non-hydrogen) atoms. The molecule has 1 aromatic heterocycles. The van der Waals surface area contributed by atoms with Gasteiger partial charge >= 0.3 is 5.97 Å². The van der Waals surface area contributed by atoms with E-state index >= 15 is 0 Å². The first-order valence-electron chi connectivity index (χ1n) is 12.2. The van der Waals surface area contributed by atoms with Crippen LogP contribution in [-0.4, -0.2) is 11.1 Å². The van der Waals surface area contributed by atoms with Gasteiger partial charge in [0.2, 0.25) is 6.10 Å². The molecule has 5 aromatic rings. The third kappa shape index (κ3) is 4.77. The highest BCUT2D eigenvalue weighted by molar-refractivity contribution is 7.19. The van der Waals surface area contributed by atoms with Gasteiger partial charge in [0.15, 0.2) is 0 Å². The summed E-state index contributed by atoms with van der Waals surface area (Å²) in [5, 5.41) is 11.0. The number of rotatable bonds is 8. The SMILES string of the molecule is CCC(C)c1sc2ccccc2c1-c1ccc(-c2ccc(OC(C(=O)O)c3ccccc3)cc2)cc1. The standard InChI is InChI=1S/C32H28O3S/c1-3-21(2)31-29(27-11-7-8-12-28(27)36-31)24-15-13-22(14-16-24)23-17-19-26(20-18-23)35-30(32(33)34)25-9-5-4-6-10-25/h4-21,30H,3H2,1-2H3,(H,33,34). The van der Waals surface area contributed by atoms with E-state index in [0.717, 1.165) is 17.5 Å². The molecule has 4 aromatic carbocycles. The molecule has 0 aliphatic carbocycles. The van der Waals surface area contributed by atoms with Crippen LogP contribution in [0.5, 0.6) is 5.75 Å². The van der Waals surface area contributed by atoms with E-state index in [1.807, 2.05) is 53.8 Å². The number of thiophene rings is 1. The predicted octanol–water partition coefficient (Wildman–Crippen LogP) is 8.95. The molecule has 0 aliphatic heterocycles. The molecular formula is C32H28O3S. The van der Waals surface area contributed by atoms with E-state index in [1.165, 1.54) is 26.1 Å². The van der Waals surface area contributed by atoms with Crippen LogP contribution >= 0.6 is 11.3 Å². The van der Waals surface area contributed by atoms with Crippen molar-refractivity contribution in [3.05, 3.63) is 114 Å². The fourth-order valence-corrected chi connectivity index (χ4v) is 5.84. The van der Waals surface area contributed by atoms with Crippen molar-refractivity contribution in [2.24, 2.45) is 0 Å². The van der Waals surface area contributed by atoms with Gasteiger partial charge in [-0.3, -0.25) is 0 Å². The maximum atomic E-state index is 11.8. The minimum Gasteiger partial charge on any atom is -0.478 e. The average molecular weight is 493 g/mol. The first kappa shape index (κ1) is 23.8. The van der Waals surface area contributed by atoms with Crippen LogP contribution in [-0.2, 0) is 4.79 Å². The van der Waals surface area contributed by atoms with Crippen LogP contribution in [0.3, 0.4) is 0 Å². The van der Waals surface area contributed by atoms with Crippen molar-refractivity contribution in [1.82, 2.24) is 0 Å². The third-order valence-corrected chi connectivity index (χ3v) is 8.03. The Morgan fingerprint density at radius 3 is 2.03 bits per heavy atom. The summed E-state index contributed by atoms with van der Waals surface area (Å²) in [7, 11) is 0. The largest absolute Gasteiger partial charge is 0.478 e. The van der Waals surface area contributed by atoms with Gasteiger partial charge in [0.25, 0.3) is 0 Å². The van der Waals surface area contributed by atoms with Crippen molar-refractivity contribution < 1.29 is 14.6 Å². The van der Waals surface area contributed by atoms with E-state index in [1.54, 1.807) is 12.1 Å². The lowest BCUT2D eigenvalue weighted by Gasteiger charge is -2.16. The molecule has 2 unspecified atom stereocenters. The number of carboxylic acid groups (broad SMARTS) is 1. The molecule has 1 heterocycles. The molecule has 5 rings (SSSR count). The zero-order chi connectivity index (χ0) is 25.1. The van der Waals surface area contributed by atoms with E-state index in [0.29, 0.717) is 17.2 Å². The number of hydrogen-bond donors (Lipinski definition) is 1. The van der Waals surface area contributed by atoms with Crippen molar-refractivity contribution >= 4 is 27.4 Å². The highest BCUT2D eigenvalue weighted by atomic mass is 32.1. The number of hydrogen-bond acceptors (Lipinski definition) is 3. The molecule has 0 amide bonds. The summed E-state index contributed by atoms with van der Waals surface area (Å²) in [6, 6.07) is 34.0. The number of fused-ring (bicyclic) bond motifs is 1. The lowest BCUT2D eigenvalue weighted by atomic mass is 9.94. The van der Waals surface area contributed by atoms with E-state index in [9.17, 15) is 9.90 Å². The number of ether oxygens (including phenoxy) is 1. The minimum atomic E-state index is -1.04. The third-order valence-electron chi connectivity index (χ3n) is 6.62. The average Bonchev–Trinajstić information content (AvgIpc) is 3.32. The fourth-order valence-electron chi connectivity index (χ4n) is 4.47. The van der Waals surface area contributed by atoms with E-state index in [4.69, 9.17) is 4.74 Å². The number of aliphatic carboxylic acids is 1. The van der Waals surface area contributed by atoms with Gasteiger partial charge in [0, 0.05) is 26.1 Å². The van der Waals surface area contributed by atoms with Gasteiger partial charge in [-0.25, -0.2) is 4.79 Å². The highest BCUT2D eigenvalue weighted by Crippen LogP contribution is 2.43. The summed E-state index contributed by atoms with van der Waals surface area (Å²) in [6.45, 7) is 4.55. The summed E-state index contributed by atoms with van der Waals surface area (Å²) in [5.41, 5.74) is 5.35. The monoisotopic (exact) mass is 492 g/mol. The molecule has 0 bridgehead atoms. The molecule has 0 spiro atoms. The van der Waals surface area contributed by atoms with E-state index in [2.05, 4.69) is 62.4 Å². The Kier molecular flexibility index (Phi) is 6.88. The molecule has 0 fully saturated rings. The lowest BCUT2D eigenvalue weighted by Crippen LogP contribution is -2.18. The van der Waals surface area contributed by atoms with Gasteiger partial charge in [0.05, 0.1) is 0 Å². The molecule has 180 valence electrons. The van der Waals surface area contributed by atoms with Gasteiger partial charge in [-0.1, -0.05) is 98.8 Å². The zero-order valence-corrected chi connectivity index (χ0v) is 21.2. The molecule has 1 N–H and O–H groups in total. The maximum Gasteiger partial charge on any atom is 0.349 e. The normalized spacial score (nSPS) is 12.8. The first-order valence-corrected chi connectivity index (χ1v) is 13.0. The Labute approximate surface area is 215 Å². The smallest absolute Gasteiger partial charge is 0.349 e. The van der Waals surface area contributed by atoms with Crippen molar-refractivity contribution in [2.45, 2.75) is 32.3 Å². The van der Waals surface area contributed by atoms with Crippen molar-refractivity contribution in [1.29, 1.82) is 0 Å². The Morgan fingerprint density at radius 1 is 0.806 bits per heavy atom. The van der Waals surface area contributed by atoms with Crippen molar-refractivity contribution in [3.8, 4) is 28.0 Å². The summed E-state index contributed by atoms with van der Waals surface area (Å²) in [4.78, 5) is 13.2. The van der Waals surface area contributed by atoms with Crippen LogP contribution in [0, 0.1) is 0 Å². The van der Waals surface area contributed by atoms with Crippen LogP contribution in [0.2, 0.25) is 0 Å². The van der Waals surface area contributed by atoms with Crippen molar-refractivity contribution in [3.63, 3.8) is 0 Å². The molecule has 0 saturated carbocycles. The van der Waals surface area contributed by atoms with Crippen LogP contribution in [0.15, 0.2) is 103 Å². The predicted molar refractivity (Wildman–Crippen MR) is 149 cm³/mol. The molecule has 2 atom stereocenters. The molecule has 0 aliphatic rings. The van der Waals surface area contributed by atoms with Crippen molar-refractivity contribution in [2.75, 3.05) is 0 Å². The number of carbonyl (C=O) groups is 1. The molecule has 0 saturated heterocycles. The van der Waals surface area contributed by atoms with Crippen LogP contribution in [0.4, 0.5) is 0 Å². The second-order valence-corrected chi connectivity index (χ2v) is 10.1. The number of benzene rings is 4. The second-order valence-electron chi connectivity index (χ2n) is 9.00. The van der Waals surface area contributed by atoms with E-state index in [-0.39, 0.29) is 0 Å². The first-order chi connectivity index (χ1) is 17.5. The van der Waals surface area contributed by atoms with Crippen LogP contribution < -0.4 is 4.74 Å². The molecule has 0 radical (unpaired) electrons. The topological polar surface area (TPSA) is 46.5 Å². The van der Waals surface area contributed by atoms with Gasteiger partial charge < -0.3 is 9.84 Å². The quantitative estimate of drug-likeness (QED) is 0.235. The van der Waals surface area contributed by atoms with Gasteiger partial charge in [-0.05, 0) is 47.2 Å². The van der Waals surface area contributed by atoms with Gasteiger partial charge in [0.1, 0.15) is 5.75 Å². The summed E-state index contributed by atoms with van der Waals surface area (Å²) in [6.07, 6.45) is 0.0655. The van der Waals surface area contributed by atoms with Crippen LogP contribution in [0.1, 0.15) is 42.7 Å².